The van der Waals surface area contributed by atoms with E-state index in [2.05, 4.69) is 9.97 Å². The zero-order valence-corrected chi connectivity index (χ0v) is 7.64. The van der Waals surface area contributed by atoms with Crippen LogP contribution in [0, 0.1) is 12.7 Å². The average Bonchev–Trinajstić information content (AvgIpc) is 2.08. The number of halogens is 2. The van der Waals surface area contributed by atoms with Crippen molar-refractivity contribution in [2.24, 2.45) is 0 Å². The van der Waals surface area contributed by atoms with Crippen LogP contribution in [0.3, 0.4) is 0 Å². The average molecular weight is 197 g/mol. The molecule has 4 heteroatoms. The first-order valence-corrected chi connectivity index (χ1v) is 4.13. The minimum absolute atomic E-state index is 0.0763. The molecule has 0 saturated heterocycles. The molecule has 1 aromatic carbocycles. The normalized spacial score (nSPS) is 10.7. The van der Waals surface area contributed by atoms with Crippen LogP contribution >= 0.6 is 11.6 Å². The molecule has 2 nitrogen and oxygen atoms in total. The molecule has 0 aliphatic carbocycles. The molecular formula is C9H6ClFN2. The highest BCUT2D eigenvalue weighted by Crippen LogP contribution is 2.19. The Morgan fingerprint density at radius 3 is 2.85 bits per heavy atom. The second-order valence-electron chi connectivity index (χ2n) is 2.77. The van der Waals surface area contributed by atoms with Crippen LogP contribution in [0.1, 0.15) is 5.69 Å². The van der Waals surface area contributed by atoms with Crippen LogP contribution in [0.2, 0.25) is 5.02 Å². The first kappa shape index (κ1) is 8.38. The molecule has 0 saturated carbocycles. The van der Waals surface area contributed by atoms with E-state index in [0.29, 0.717) is 11.0 Å². The van der Waals surface area contributed by atoms with Crippen LogP contribution in [0.15, 0.2) is 18.3 Å². The van der Waals surface area contributed by atoms with E-state index in [1.807, 2.05) is 6.92 Å². The third-order valence-corrected chi connectivity index (χ3v) is 1.99. The lowest BCUT2D eigenvalue weighted by Crippen LogP contribution is -1.88. The van der Waals surface area contributed by atoms with Gasteiger partial charge in [-0.3, -0.25) is 4.98 Å². The quantitative estimate of drug-likeness (QED) is 0.648. The number of nitrogens with zero attached hydrogens (tertiary/aromatic N) is 2. The highest BCUT2D eigenvalue weighted by atomic mass is 35.5. The van der Waals surface area contributed by atoms with Crippen molar-refractivity contribution in [3.05, 3.63) is 34.9 Å². The summed E-state index contributed by atoms with van der Waals surface area (Å²) in [5, 5.41) is 0.0763. The summed E-state index contributed by atoms with van der Waals surface area (Å²) in [5.41, 5.74) is 1.93. The predicted molar refractivity (Wildman–Crippen MR) is 49.2 cm³/mol. The van der Waals surface area contributed by atoms with Gasteiger partial charge < -0.3 is 0 Å². The number of fused-ring (bicyclic) bond motifs is 1. The topological polar surface area (TPSA) is 25.8 Å². The van der Waals surface area contributed by atoms with Crippen LogP contribution in [0.5, 0.6) is 0 Å². The van der Waals surface area contributed by atoms with Crippen molar-refractivity contribution in [2.75, 3.05) is 0 Å². The number of aromatic nitrogens is 2. The van der Waals surface area contributed by atoms with E-state index in [1.165, 1.54) is 12.1 Å². The van der Waals surface area contributed by atoms with Gasteiger partial charge in [-0.2, -0.15) is 0 Å². The lowest BCUT2D eigenvalue weighted by atomic mass is 10.3. The van der Waals surface area contributed by atoms with Gasteiger partial charge in [0.25, 0.3) is 0 Å². The molecule has 0 N–H and O–H groups in total. The Kier molecular flexibility index (Phi) is 1.88. The second kappa shape index (κ2) is 2.92. The summed E-state index contributed by atoms with van der Waals surface area (Å²) in [7, 11) is 0. The lowest BCUT2D eigenvalue weighted by molar-refractivity contribution is 0.629. The lowest BCUT2D eigenvalue weighted by Gasteiger charge is -1.99. The van der Waals surface area contributed by atoms with Crippen molar-refractivity contribution in [2.45, 2.75) is 6.92 Å². The molecule has 13 heavy (non-hydrogen) atoms. The van der Waals surface area contributed by atoms with E-state index < -0.39 is 5.82 Å². The van der Waals surface area contributed by atoms with Crippen molar-refractivity contribution < 1.29 is 4.39 Å². The zero-order chi connectivity index (χ0) is 9.42. The molecule has 0 amide bonds. The summed E-state index contributed by atoms with van der Waals surface area (Å²) in [6.45, 7) is 1.82. The van der Waals surface area contributed by atoms with Gasteiger partial charge in [0, 0.05) is 12.3 Å². The second-order valence-corrected chi connectivity index (χ2v) is 3.17. The molecule has 0 atom stereocenters. The van der Waals surface area contributed by atoms with Crippen LogP contribution < -0.4 is 0 Å². The third kappa shape index (κ3) is 1.47. The Bertz CT molecular complexity index is 470. The van der Waals surface area contributed by atoms with Crippen LogP contribution in [0.4, 0.5) is 4.39 Å². The Labute approximate surface area is 79.4 Å². The van der Waals surface area contributed by atoms with Gasteiger partial charge in [0.1, 0.15) is 5.82 Å². The standard InChI is InChI=1S/C9H6ClFN2/c1-5-4-12-8-3-7(11)6(10)2-9(8)13-5/h2-4H,1H3. The summed E-state index contributed by atoms with van der Waals surface area (Å²) < 4.78 is 12.9. The molecule has 2 aromatic rings. The van der Waals surface area contributed by atoms with E-state index in [9.17, 15) is 4.39 Å². The Balaban J connectivity index is 2.81. The molecule has 66 valence electrons. The third-order valence-electron chi connectivity index (χ3n) is 1.70. The van der Waals surface area contributed by atoms with Gasteiger partial charge in [-0.1, -0.05) is 11.6 Å². The van der Waals surface area contributed by atoms with Gasteiger partial charge in [-0.05, 0) is 13.0 Å². The van der Waals surface area contributed by atoms with E-state index in [4.69, 9.17) is 11.6 Å². The van der Waals surface area contributed by atoms with Gasteiger partial charge >= 0.3 is 0 Å². The molecular weight excluding hydrogens is 191 g/mol. The van der Waals surface area contributed by atoms with Gasteiger partial charge in [-0.25, -0.2) is 9.37 Å². The van der Waals surface area contributed by atoms with Crippen molar-refractivity contribution in [1.82, 2.24) is 9.97 Å². The largest absolute Gasteiger partial charge is 0.253 e. The van der Waals surface area contributed by atoms with Gasteiger partial charge in [0.15, 0.2) is 0 Å². The summed E-state index contributed by atoms with van der Waals surface area (Å²) in [6, 6.07) is 2.76. The van der Waals surface area contributed by atoms with Crippen molar-refractivity contribution in [3.63, 3.8) is 0 Å². The highest BCUT2D eigenvalue weighted by Gasteiger charge is 2.03. The van der Waals surface area contributed by atoms with E-state index in [0.717, 1.165) is 5.69 Å². The Morgan fingerprint density at radius 2 is 2.08 bits per heavy atom. The van der Waals surface area contributed by atoms with Crippen molar-refractivity contribution in [1.29, 1.82) is 0 Å². The molecule has 0 aliphatic rings. The number of aryl methyl sites for hydroxylation is 1. The van der Waals surface area contributed by atoms with Crippen molar-refractivity contribution in [3.8, 4) is 0 Å². The molecule has 0 unspecified atom stereocenters. The monoisotopic (exact) mass is 196 g/mol. The minimum Gasteiger partial charge on any atom is -0.253 e. The van der Waals surface area contributed by atoms with E-state index in [1.54, 1.807) is 6.20 Å². The number of benzene rings is 1. The SMILES string of the molecule is Cc1cnc2cc(F)c(Cl)cc2n1. The maximum absolute atomic E-state index is 12.9. The van der Waals surface area contributed by atoms with Crippen molar-refractivity contribution >= 4 is 22.6 Å². The molecule has 2 rings (SSSR count). The minimum atomic E-state index is -0.465. The Morgan fingerprint density at radius 1 is 1.31 bits per heavy atom. The van der Waals surface area contributed by atoms with Gasteiger partial charge in [0.05, 0.1) is 21.7 Å². The molecule has 0 aliphatic heterocycles. The maximum Gasteiger partial charge on any atom is 0.144 e. The molecule has 1 aromatic heterocycles. The maximum atomic E-state index is 12.9. The smallest absolute Gasteiger partial charge is 0.144 e. The first-order valence-electron chi connectivity index (χ1n) is 3.75. The predicted octanol–water partition coefficient (Wildman–Crippen LogP) is 2.73. The zero-order valence-electron chi connectivity index (χ0n) is 6.88. The number of hydrogen-bond acceptors (Lipinski definition) is 2. The molecule has 1 heterocycles. The fraction of sp³-hybridized carbons (Fsp3) is 0.111. The molecule has 0 spiro atoms. The molecule has 0 radical (unpaired) electrons. The van der Waals surface area contributed by atoms with Crippen LogP contribution in [-0.2, 0) is 0 Å². The summed E-state index contributed by atoms with van der Waals surface area (Å²) in [4.78, 5) is 8.19. The van der Waals surface area contributed by atoms with Gasteiger partial charge in [0.2, 0.25) is 0 Å². The fourth-order valence-corrected chi connectivity index (χ4v) is 1.26. The van der Waals surface area contributed by atoms with Gasteiger partial charge in [-0.15, -0.1) is 0 Å². The summed E-state index contributed by atoms with van der Waals surface area (Å²) in [6.07, 6.45) is 1.59. The highest BCUT2D eigenvalue weighted by molar-refractivity contribution is 6.31. The van der Waals surface area contributed by atoms with Crippen LogP contribution in [0.25, 0.3) is 11.0 Å². The number of hydrogen-bond donors (Lipinski definition) is 0. The Hall–Kier alpha value is -1.22. The number of rotatable bonds is 0. The van der Waals surface area contributed by atoms with Crippen LogP contribution in [-0.4, -0.2) is 9.97 Å². The van der Waals surface area contributed by atoms with E-state index in [-0.39, 0.29) is 5.02 Å². The first-order chi connectivity index (χ1) is 6.16. The summed E-state index contributed by atoms with van der Waals surface area (Å²) in [5.74, 6) is -0.465. The molecule has 0 bridgehead atoms. The summed E-state index contributed by atoms with van der Waals surface area (Å²) >= 11 is 5.60. The van der Waals surface area contributed by atoms with E-state index >= 15 is 0 Å². The fourth-order valence-electron chi connectivity index (χ4n) is 1.10. The molecule has 0 fully saturated rings.